The van der Waals surface area contributed by atoms with E-state index in [1.807, 2.05) is 6.08 Å². The lowest BCUT2D eigenvalue weighted by molar-refractivity contribution is -0.385. The molecule has 0 aliphatic heterocycles. The predicted octanol–water partition coefficient (Wildman–Crippen LogP) is 5.79. The lowest BCUT2D eigenvalue weighted by Gasteiger charge is -2.15. The van der Waals surface area contributed by atoms with Gasteiger partial charge in [0.1, 0.15) is 11.3 Å². The number of nitrogens with zero attached hydrogens (tertiary/aromatic N) is 1. The van der Waals surface area contributed by atoms with Gasteiger partial charge in [-0.05, 0) is 25.3 Å². The van der Waals surface area contributed by atoms with E-state index in [1.165, 1.54) is 38.9 Å². The SMILES string of the molecule is COCOc1c(C=C(C)CC2CCCC2)ccc([N+](=O)[O-])c1C(=O)c1ccccc1. The molecule has 0 N–H and O–H groups in total. The summed E-state index contributed by atoms with van der Waals surface area (Å²) in [5.41, 5.74) is 1.85. The van der Waals surface area contributed by atoms with Crippen LogP contribution in [0.5, 0.6) is 5.75 Å². The van der Waals surface area contributed by atoms with Gasteiger partial charge >= 0.3 is 0 Å². The summed E-state index contributed by atoms with van der Waals surface area (Å²) in [5, 5.41) is 11.7. The number of methoxy groups -OCH3 is 1. The first-order valence-electron chi connectivity index (χ1n) is 10.2. The molecule has 1 fully saturated rings. The number of ether oxygens (including phenoxy) is 2. The van der Waals surface area contributed by atoms with Crippen LogP contribution < -0.4 is 4.74 Å². The largest absolute Gasteiger partial charge is 0.466 e. The topological polar surface area (TPSA) is 78.7 Å². The average molecular weight is 409 g/mol. The first kappa shape index (κ1) is 21.7. The summed E-state index contributed by atoms with van der Waals surface area (Å²) >= 11 is 0. The van der Waals surface area contributed by atoms with Gasteiger partial charge in [-0.25, -0.2) is 0 Å². The number of rotatable bonds is 9. The van der Waals surface area contributed by atoms with Crippen LogP contribution >= 0.6 is 0 Å². The van der Waals surface area contributed by atoms with Crippen molar-refractivity contribution in [2.24, 2.45) is 5.92 Å². The molecule has 0 radical (unpaired) electrons. The number of nitro groups is 1. The predicted molar refractivity (Wildman–Crippen MR) is 116 cm³/mol. The third kappa shape index (κ3) is 5.13. The zero-order chi connectivity index (χ0) is 21.5. The molecule has 1 aliphatic rings. The third-order valence-corrected chi connectivity index (χ3v) is 5.43. The minimum Gasteiger partial charge on any atom is -0.466 e. The molecule has 158 valence electrons. The first-order chi connectivity index (χ1) is 14.5. The number of nitro benzene ring substituents is 1. The standard InChI is InChI=1S/C24H27NO5/c1-17(14-18-8-6-7-9-18)15-20-12-13-21(25(27)28)22(24(20)30-16-29-2)23(26)19-10-4-3-5-11-19/h3-5,10-13,15,18H,6-9,14,16H2,1-2H3. The molecule has 30 heavy (non-hydrogen) atoms. The summed E-state index contributed by atoms with van der Waals surface area (Å²) in [5.74, 6) is 0.413. The third-order valence-electron chi connectivity index (χ3n) is 5.43. The number of hydrogen-bond acceptors (Lipinski definition) is 5. The van der Waals surface area contributed by atoms with Gasteiger partial charge in [-0.3, -0.25) is 14.9 Å². The second kappa shape index (κ2) is 10.2. The van der Waals surface area contributed by atoms with Crippen LogP contribution in [0.4, 0.5) is 5.69 Å². The molecule has 6 nitrogen and oxygen atoms in total. The zero-order valence-electron chi connectivity index (χ0n) is 17.4. The van der Waals surface area contributed by atoms with Crippen molar-refractivity contribution in [2.75, 3.05) is 13.9 Å². The van der Waals surface area contributed by atoms with Crippen molar-refractivity contribution >= 4 is 17.5 Å². The normalized spacial score (nSPS) is 14.7. The second-order valence-corrected chi connectivity index (χ2v) is 7.73. The molecular weight excluding hydrogens is 382 g/mol. The summed E-state index contributed by atoms with van der Waals surface area (Å²) in [6, 6.07) is 11.5. The maximum atomic E-state index is 13.2. The van der Waals surface area contributed by atoms with Crippen LogP contribution in [0.15, 0.2) is 48.0 Å². The lowest BCUT2D eigenvalue weighted by atomic mass is 9.94. The average Bonchev–Trinajstić information content (AvgIpc) is 3.25. The molecular formula is C24H27NO5. The Morgan fingerprint density at radius 2 is 1.87 bits per heavy atom. The quantitative estimate of drug-likeness (QED) is 0.227. The van der Waals surface area contributed by atoms with E-state index in [9.17, 15) is 14.9 Å². The summed E-state index contributed by atoms with van der Waals surface area (Å²) in [4.78, 5) is 24.4. The molecule has 0 atom stereocenters. The molecule has 0 heterocycles. The van der Waals surface area contributed by atoms with Gasteiger partial charge in [-0.2, -0.15) is 0 Å². The lowest BCUT2D eigenvalue weighted by Crippen LogP contribution is -2.11. The summed E-state index contributed by atoms with van der Waals surface area (Å²) in [6.45, 7) is 1.94. The molecule has 1 aliphatic carbocycles. The summed E-state index contributed by atoms with van der Waals surface area (Å²) < 4.78 is 10.8. The Labute approximate surface area is 176 Å². The van der Waals surface area contributed by atoms with E-state index in [1.54, 1.807) is 36.4 Å². The Bertz CT molecular complexity index is 930. The van der Waals surface area contributed by atoms with Crippen molar-refractivity contribution in [3.05, 3.63) is 74.8 Å². The Hall–Kier alpha value is -2.99. The number of allylic oxidation sites excluding steroid dienone is 1. The van der Waals surface area contributed by atoms with Crippen LogP contribution in [0.1, 0.15) is 60.5 Å². The van der Waals surface area contributed by atoms with Crippen molar-refractivity contribution in [3.8, 4) is 5.75 Å². The first-order valence-corrected chi connectivity index (χ1v) is 10.2. The molecule has 2 aromatic carbocycles. The van der Waals surface area contributed by atoms with Gasteiger partial charge < -0.3 is 9.47 Å². The van der Waals surface area contributed by atoms with E-state index in [2.05, 4.69) is 6.92 Å². The van der Waals surface area contributed by atoms with Gasteiger partial charge in [-0.15, -0.1) is 0 Å². The van der Waals surface area contributed by atoms with Crippen molar-refractivity contribution in [1.82, 2.24) is 0 Å². The van der Waals surface area contributed by atoms with Gasteiger partial charge in [-0.1, -0.05) is 67.7 Å². The maximum Gasteiger partial charge on any atom is 0.284 e. The van der Waals surface area contributed by atoms with E-state index < -0.39 is 10.7 Å². The molecule has 0 amide bonds. The fraction of sp³-hybridized carbons (Fsp3) is 0.375. The van der Waals surface area contributed by atoms with Crippen LogP contribution in [0.25, 0.3) is 6.08 Å². The fourth-order valence-electron chi connectivity index (χ4n) is 4.08. The van der Waals surface area contributed by atoms with Crippen molar-refractivity contribution in [2.45, 2.75) is 39.0 Å². The maximum absolute atomic E-state index is 13.2. The molecule has 0 unspecified atom stereocenters. The number of ketones is 1. The monoisotopic (exact) mass is 409 g/mol. The Morgan fingerprint density at radius 1 is 1.17 bits per heavy atom. The van der Waals surface area contributed by atoms with Crippen LogP contribution in [0.3, 0.4) is 0 Å². The van der Waals surface area contributed by atoms with E-state index in [-0.39, 0.29) is 23.8 Å². The highest BCUT2D eigenvalue weighted by atomic mass is 16.7. The van der Waals surface area contributed by atoms with Crippen LogP contribution in [0.2, 0.25) is 0 Å². The number of carbonyl (C=O) groups excluding carboxylic acids is 1. The highest BCUT2D eigenvalue weighted by molar-refractivity contribution is 6.14. The molecule has 2 aromatic rings. The van der Waals surface area contributed by atoms with Gasteiger partial charge in [0.05, 0.1) is 4.92 Å². The Kier molecular flexibility index (Phi) is 7.36. The zero-order valence-corrected chi connectivity index (χ0v) is 17.4. The summed E-state index contributed by atoms with van der Waals surface area (Å²) in [6.07, 6.45) is 7.95. The van der Waals surface area contributed by atoms with Gasteiger partial charge in [0.25, 0.3) is 5.69 Å². The minimum absolute atomic E-state index is 0.0503. The molecule has 3 rings (SSSR count). The molecule has 1 saturated carbocycles. The highest BCUT2D eigenvalue weighted by Gasteiger charge is 2.28. The summed E-state index contributed by atoms with van der Waals surface area (Å²) in [7, 11) is 1.47. The Morgan fingerprint density at radius 3 is 2.50 bits per heavy atom. The van der Waals surface area contributed by atoms with Crippen LogP contribution in [-0.2, 0) is 4.74 Å². The molecule has 6 heteroatoms. The van der Waals surface area contributed by atoms with Crippen LogP contribution in [0, 0.1) is 16.0 Å². The molecule has 0 aromatic heterocycles. The van der Waals surface area contributed by atoms with Crippen molar-refractivity contribution in [3.63, 3.8) is 0 Å². The van der Waals surface area contributed by atoms with Crippen molar-refractivity contribution < 1.29 is 19.2 Å². The second-order valence-electron chi connectivity index (χ2n) is 7.73. The highest BCUT2D eigenvalue weighted by Crippen LogP contribution is 2.37. The molecule has 0 saturated heterocycles. The van der Waals surface area contributed by atoms with Crippen molar-refractivity contribution in [1.29, 1.82) is 0 Å². The van der Waals surface area contributed by atoms with E-state index in [0.29, 0.717) is 17.0 Å². The number of benzene rings is 2. The number of hydrogen-bond donors (Lipinski definition) is 0. The van der Waals surface area contributed by atoms with E-state index in [0.717, 1.165) is 12.0 Å². The van der Waals surface area contributed by atoms with Gasteiger partial charge in [0.15, 0.2) is 6.79 Å². The smallest absolute Gasteiger partial charge is 0.284 e. The Balaban J connectivity index is 2.08. The van der Waals surface area contributed by atoms with Gasteiger partial charge in [0.2, 0.25) is 5.78 Å². The minimum atomic E-state index is -0.547. The molecule has 0 spiro atoms. The fourth-order valence-corrected chi connectivity index (χ4v) is 4.08. The number of carbonyl (C=O) groups is 1. The van der Waals surface area contributed by atoms with Crippen LogP contribution in [-0.4, -0.2) is 24.6 Å². The van der Waals surface area contributed by atoms with E-state index >= 15 is 0 Å². The van der Waals surface area contributed by atoms with E-state index in [4.69, 9.17) is 9.47 Å². The molecule has 0 bridgehead atoms. The van der Waals surface area contributed by atoms with Gasteiger partial charge in [0, 0.05) is 24.3 Å².